The Hall–Kier alpha value is 2.44. The summed E-state index contributed by atoms with van der Waals surface area (Å²) in [6.07, 6.45) is 0. The van der Waals surface area contributed by atoms with Crippen molar-refractivity contribution in [2.24, 2.45) is 0 Å². The maximum Gasteiger partial charge on any atom is 1.00 e. The maximum absolute atomic E-state index is 4.64. The van der Waals surface area contributed by atoms with E-state index in [9.17, 15) is 0 Å². The summed E-state index contributed by atoms with van der Waals surface area (Å²) >= 11 is 0. The normalized spacial score (nSPS) is 1.60. The van der Waals surface area contributed by atoms with Crippen molar-refractivity contribution in [3.8, 4) is 0 Å². The van der Waals surface area contributed by atoms with Crippen LogP contribution >= 0.6 is 0 Å². The van der Waals surface area contributed by atoms with Gasteiger partial charge in [0.2, 0.25) is 0 Å². The van der Waals surface area contributed by atoms with Gasteiger partial charge < -0.3 is 1.43 Å². The first-order chi connectivity index (χ1) is 1.00. The topological polar surface area (TPSA) is 0 Å². The molecule has 5 heteroatoms. The van der Waals surface area contributed by atoms with Crippen LogP contribution in [0.4, 0.5) is 0 Å². The molecule has 0 heterocycles. The molecular weight excluding hydrogens is 154 g/mol. The molecule has 0 aliphatic heterocycles. The van der Waals surface area contributed by atoms with Gasteiger partial charge in [0.25, 0.3) is 0 Å². The summed E-state index contributed by atoms with van der Waals surface area (Å²) in [5, 5.41) is 0. The molecule has 0 unspecified atom stereocenters. The van der Waals surface area contributed by atoms with E-state index in [1.165, 1.54) is 0 Å². The van der Waals surface area contributed by atoms with Crippen LogP contribution < -0.4 is 29.6 Å². The second-order valence-corrected chi connectivity index (χ2v) is 0. The van der Waals surface area contributed by atoms with E-state index in [1.807, 2.05) is 0 Å². The Balaban J connectivity index is -0.000000000833. The Morgan fingerprint density at radius 1 is 1.40 bits per heavy atom. The van der Waals surface area contributed by atoms with Gasteiger partial charge in [-0.2, -0.15) is 0 Å². The maximum atomic E-state index is 4.64. The van der Waals surface area contributed by atoms with Crippen molar-refractivity contribution in [1.29, 1.82) is 0 Å². The second kappa shape index (κ2) is 32.0. The summed E-state index contributed by atoms with van der Waals surface area (Å²) in [5.74, 6) is 0. The van der Waals surface area contributed by atoms with E-state index in [0.717, 1.165) is 10.1 Å². The first-order valence-electron chi connectivity index (χ1n) is 0.577. The second-order valence-electron chi connectivity index (χ2n) is 0. The van der Waals surface area contributed by atoms with Gasteiger partial charge in [-0.15, -0.1) is 0 Å². The zero-order chi connectivity index (χ0) is 2.00. The van der Waals surface area contributed by atoms with Gasteiger partial charge in [0, 0.05) is 26.9 Å². The van der Waals surface area contributed by atoms with Gasteiger partial charge >= 0.3 is 29.6 Å². The molecule has 0 N–H and O–H groups in total. The van der Waals surface area contributed by atoms with Gasteiger partial charge in [-0.05, 0) is 10.1 Å². The summed E-state index contributed by atoms with van der Waals surface area (Å²) in [5.41, 5.74) is 0. The largest absolute Gasteiger partial charge is 1.00 e. The van der Waals surface area contributed by atoms with E-state index >= 15 is 0 Å². The molecule has 0 rings (SSSR count). The Bertz CT molecular complexity index is 15.5. The quantitative estimate of drug-likeness (QED) is 0.311. The molecule has 0 amide bonds. The Kier molecular flexibility index (Phi) is 167. The van der Waals surface area contributed by atoms with Crippen LogP contribution in [0.5, 0.6) is 0 Å². The molecule has 0 aliphatic carbocycles. The molecule has 0 spiro atoms. The van der Waals surface area contributed by atoms with Crippen molar-refractivity contribution >= 4 is 34.9 Å². The standard InChI is InChI=1S/Al.BH3Si.Na.Zn.4H/c;1-2;;;;;;/h;2H3;;;;;;/q;;+1;;;;;-1. The van der Waals surface area contributed by atoms with Gasteiger partial charge in [-0.1, -0.05) is 0 Å². The third kappa shape index (κ3) is 21.3. The first-order valence-corrected chi connectivity index (χ1v) is 1.73. The Morgan fingerprint density at radius 3 is 1.40 bits per heavy atom. The summed E-state index contributed by atoms with van der Waals surface area (Å²) in [6, 6.07) is 0. The Morgan fingerprint density at radius 2 is 1.40 bits per heavy atom. The van der Waals surface area contributed by atoms with Gasteiger partial charge in [0.05, 0.1) is 0 Å². The van der Waals surface area contributed by atoms with E-state index in [1.54, 1.807) is 0 Å². The number of hydrogen-bond acceptors (Lipinski definition) is 0. The average Bonchev–Trinajstić information content (AvgIpc) is 1.00. The van der Waals surface area contributed by atoms with Crippen molar-refractivity contribution in [2.45, 2.75) is 0 Å². The molecule has 0 aromatic carbocycles. The third-order valence-electron chi connectivity index (χ3n) is 0. The van der Waals surface area contributed by atoms with Crippen LogP contribution in [0.25, 0.3) is 0 Å². The molecule has 0 saturated carbocycles. The summed E-state index contributed by atoms with van der Waals surface area (Å²) in [6.45, 7) is 0. The minimum absolute atomic E-state index is 0. The zero-order valence-corrected chi connectivity index (χ0v) is 10.3. The molecular formula is H7AlBNaSiZn. The summed E-state index contributed by atoms with van der Waals surface area (Å²) < 4.78 is 0. The van der Waals surface area contributed by atoms with Gasteiger partial charge in [0.15, 0.2) is 17.4 Å². The van der Waals surface area contributed by atoms with E-state index in [2.05, 4.69) is 7.44 Å². The van der Waals surface area contributed by atoms with Crippen LogP contribution in [-0.4, -0.2) is 34.9 Å². The Labute approximate surface area is 84.3 Å². The molecule has 0 nitrogen and oxygen atoms in total. The summed E-state index contributed by atoms with van der Waals surface area (Å²) in [4.78, 5) is 0. The molecule has 0 fully saturated rings. The van der Waals surface area contributed by atoms with Crippen LogP contribution in [0, 0.1) is 0 Å². The van der Waals surface area contributed by atoms with E-state index < -0.39 is 0 Å². The van der Waals surface area contributed by atoms with Crippen LogP contribution in [0.3, 0.4) is 0 Å². The molecule has 0 aromatic rings. The molecule has 5 heavy (non-hydrogen) atoms. The van der Waals surface area contributed by atoms with Crippen molar-refractivity contribution < 1.29 is 50.5 Å². The fourth-order valence-electron chi connectivity index (χ4n) is 0. The molecule has 0 bridgehead atoms. The number of rotatable bonds is 0. The average molecular weight is 161 g/mol. The van der Waals surface area contributed by atoms with Crippen LogP contribution in [-0.2, 0) is 19.5 Å². The van der Waals surface area contributed by atoms with Crippen molar-refractivity contribution in [2.75, 3.05) is 0 Å². The minimum atomic E-state index is 0. The fraction of sp³-hybridized carbons (Fsp3) is 0. The smallest absolute Gasteiger partial charge is 1.00 e. The minimum Gasteiger partial charge on any atom is -1.00 e. The van der Waals surface area contributed by atoms with Crippen LogP contribution in [0.1, 0.15) is 1.43 Å². The van der Waals surface area contributed by atoms with E-state index in [-0.39, 0.29) is 67.8 Å². The molecule has 0 aromatic heterocycles. The predicted molar refractivity (Wildman–Crippen MR) is 26.7 cm³/mol. The molecule has 0 saturated heterocycles. The van der Waals surface area contributed by atoms with Gasteiger partial charge in [0.1, 0.15) is 0 Å². The van der Waals surface area contributed by atoms with E-state index in [4.69, 9.17) is 0 Å². The summed E-state index contributed by atoms with van der Waals surface area (Å²) in [7, 11) is 5.44. The molecule has 0 atom stereocenters. The zero-order valence-electron chi connectivity index (χ0n) is 4.28. The van der Waals surface area contributed by atoms with Crippen LogP contribution in [0.2, 0.25) is 0 Å². The van der Waals surface area contributed by atoms with E-state index in [0.29, 0.717) is 0 Å². The molecule has 2 radical (unpaired) electrons. The number of hydrogen-bond donors (Lipinski definition) is 0. The van der Waals surface area contributed by atoms with Crippen molar-refractivity contribution in [3.05, 3.63) is 0 Å². The SMILES string of the molecule is [AlH3].[B][SiH3].[H-].[Na+].[Zn]. The predicted octanol–water partition coefficient (Wildman–Crippen LogP) is -5.63. The monoisotopic (exact) mass is 160 g/mol. The first kappa shape index (κ1) is 26.1. The third-order valence-corrected chi connectivity index (χ3v) is 0. The van der Waals surface area contributed by atoms with Crippen LogP contribution in [0.15, 0.2) is 0 Å². The van der Waals surface area contributed by atoms with Crippen molar-refractivity contribution in [3.63, 3.8) is 0 Å². The van der Waals surface area contributed by atoms with Crippen molar-refractivity contribution in [1.82, 2.24) is 0 Å². The molecule has 20 valence electrons. The molecule has 0 aliphatic rings. The van der Waals surface area contributed by atoms with Gasteiger partial charge in [-0.3, -0.25) is 0 Å². The fourth-order valence-corrected chi connectivity index (χ4v) is 0. The van der Waals surface area contributed by atoms with Gasteiger partial charge in [-0.25, -0.2) is 0 Å².